The van der Waals surface area contributed by atoms with E-state index in [1.165, 1.54) is 4.68 Å². The number of aliphatic hydroxyl groups excluding tert-OH is 6. The molecule has 0 unspecified atom stereocenters. The van der Waals surface area contributed by atoms with Crippen molar-refractivity contribution in [2.45, 2.75) is 44.1 Å². The van der Waals surface area contributed by atoms with Gasteiger partial charge in [-0.3, -0.25) is 9.48 Å². The Morgan fingerprint density at radius 2 is 1.29 bits per heavy atom. The highest BCUT2D eigenvalue weighted by Gasteiger charge is 2.36. The van der Waals surface area contributed by atoms with Gasteiger partial charge in [0.15, 0.2) is 0 Å². The van der Waals surface area contributed by atoms with E-state index >= 15 is 0 Å². The molecule has 14 nitrogen and oxygen atoms in total. The number of hydrogen-bond donors (Lipinski definition) is 7. The summed E-state index contributed by atoms with van der Waals surface area (Å²) in [5.74, 6) is -0.912. The van der Waals surface area contributed by atoms with Gasteiger partial charge in [-0.25, -0.2) is 0 Å². The van der Waals surface area contributed by atoms with Crippen LogP contribution in [0.3, 0.4) is 0 Å². The Hall–Kier alpha value is -1.75. The second-order valence-corrected chi connectivity index (χ2v) is 8.05. The Morgan fingerprint density at radius 3 is 1.68 bits per heavy atom. The molecule has 0 aliphatic heterocycles. The third-order valence-corrected chi connectivity index (χ3v) is 5.00. The van der Waals surface area contributed by atoms with Crippen LogP contribution in [0.1, 0.15) is 18.5 Å². The summed E-state index contributed by atoms with van der Waals surface area (Å²) in [6, 6.07) is 0. The van der Waals surface area contributed by atoms with Gasteiger partial charge in [0.1, 0.15) is 18.3 Å². The number of aliphatic carboxylic acids is 1. The number of carboxylic acids is 1. The van der Waals surface area contributed by atoms with Gasteiger partial charge in [0.25, 0.3) is 0 Å². The van der Waals surface area contributed by atoms with E-state index in [1.54, 1.807) is 6.20 Å². The van der Waals surface area contributed by atoms with Crippen molar-refractivity contribution < 1.29 is 54.8 Å². The molecule has 0 spiro atoms. The molecule has 0 atom stereocenters. The third-order valence-electron chi connectivity index (χ3n) is 5.00. The number of hydrogen-bond acceptors (Lipinski definition) is 12. The molecule has 0 radical (unpaired) electrons. The first-order chi connectivity index (χ1) is 16.3. The summed E-state index contributed by atoms with van der Waals surface area (Å²) in [4.78, 5) is 10.7. The zero-order chi connectivity index (χ0) is 25.4. The van der Waals surface area contributed by atoms with Gasteiger partial charge < -0.3 is 50.0 Å². The summed E-state index contributed by atoms with van der Waals surface area (Å²) < 4.78 is 18.4. The third kappa shape index (κ3) is 11.1. The van der Waals surface area contributed by atoms with E-state index in [1.807, 2.05) is 0 Å². The Morgan fingerprint density at radius 1 is 0.853 bits per heavy atom. The van der Waals surface area contributed by atoms with Gasteiger partial charge in [0, 0.05) is 12.6 Å². The van der Waals surface area contributed by atoms with E-state index in [-0.39, 0.29) is 32.8 Å². The van der Waals surface area contributed by atoms with E-state index in [4.69, 9.17) is 19.3 Å². The SMILES string of the molecule is O=C(O)CCCc1cn(CC(COC(CO)CO)(COC(CO)CO)COC(CO)CO)nn1. The fourth-order valence-electron chi connectivity index (χ4n) is 2.93. The number of aliphatic hydroxyl groups is 6. The van der Waals surface area contributed by atoms with Crippen molar-refractivity contribution in [1.29, 1.82) is 0 Å². The maximum atomic E-state index is 10.7. The maximum absolute atomic E-state index is 10.7. The van der Waals surface area contributed by atoms with Gasteiger partial charge in [-0.2, -0.15) is 0 Å². The van der Waals surface area contributed by atoms with E-state index in [0.29, 0.717) is 18.5 Å². The van der Waals surface area contributed by atoms with Crippen LogP contribution in [0.15, 0.2) is 6.20 Å². The van der Waals surface area contributed by atoms with Crippen molar-refractivity contribution in [3.63, 3.8) is 0 Å². The molecule has 0 aliphatic rings. The summed E-state index contributed by atoms with van der Waals surface area (Å²) in [6.07, 6.45) is -0.277. The minimum atomic E-state index is -1.07. The average molecular weight is 496 g/mol. The van der Waals surface area contributed by atoms with Gasteiger partial charge in [-0.15, -0.1) is 5.10 Å². The lowest BCUT2D eigenvalue weighted by Crippen LogP contribution is -2.46. The second kappa shape index (κ2) is 16.8. The predicted octanol–water partition coefficient (Wildman–Crippen LogP) is -3.22. The fourth-order valence-corrected chi connectivity index (χ4v) is 2.93. The number of rotatable bonds is 21. The molecule has 0 saturated carbocycles. The molecule has 1 aromatic rings. The van der Waals surface area contributed by atoms with Crippen LogP contribution in [0.25, 0.3) is 0 Å². The molecule has 0 bridgehead atoms. The monoisotopic (exact) mass is 495 g/mol. The fraction of sp³-hybridized carbons (Fsp3) is 0.850. The molecule has 1 aromatic heterocycles. The topological polar surface area (TPSA) is 217 Å². The molecule has 0 amide bonds. The minimum Gasteiger partial charge on any atom is -0.481 e. The van der Waals surface area contributed by atoms with Crippen molar-refractivity contribution in [2.75, 3.05) is 59.5 Å². The lowest BCUT2D eigenvalue weighted by Gasteiger charge is -2.35. The number of aromatic nitrogens is 3. The maximum Gasteiger partial charge on any atom is 0.303 e. The molecule has 1 heterocycles. The largest absolute Gasteiger partial charge is 0.481 e. The Kier molecular flexibility index (Phi) is 15.0. The smallest absolute Gasteiger partial charge is 0.303 e. The van der Waals surface area contributed by atoms with Crippen LogP contribution in [0, 0.1) is 5.41 Å². The molecule has 34 heavy (non-hydrogen) atoms. The first-order valence-corrected chi connectivity index (χ1v) is 11.0. The van der Waals surface area contributed by atoms with Crippen molar-refractivity contribution in [3.8, 4) is 0 Å². The Bertz CT molecular complexity index is 623. The first-order valence-electron chi connectivity index (χ1n) is 11.0. The molecule has 0 saturated heterocycles. The number of ether oxygens (including phenoxy) is 3. The van der Waals surface area contributed by atoms with Crippen molar-refractivity contribution in [3.05, 3.63) is 11.9 Å². The minimum absolute atomic E-state index is 0.0105. The lowest BCUT2D eigenvalue weighted by atomic mass is 9.90. The molecule has 198 valence electrons. The molecule has 7 N–H and O–H groups in total. The van der Waals surface area contributed by atoms with Crippen LogP contribution in [0.5, 0.6) is 0 Å². The quantitative estimate of drug-likeness (QED) is 0.0894. The molecule has 0 aliphatic carbocycles. The molecule has 1 rings (SSSR count). The summed E-state index contributed by atoms with van der Waals surface area (Å²) in [5, 5.41) is 73.1. The number of aryl methyl sites for hydroxylation is 1. The van der Waals surface area contributed by atoms with Crippen LogP contribution in [0.2, 0.25) is 0 Å². The first kappa shape index (κ1) is 30.3. The summed E-state index contributed by atoms with van der Waals surface area (Å²) in [5.41, 5.74) is -0.506. The number of carbonyl (C=O) groups is 1. The highest BCUT2D eigenvalue weighted by atomic mass is 16.5. The summed E-state index contributed by atoms with van der Waals surface area (Å²) >= 11 is 0. The molecular weight excluding hydrogens is 458 g/mol. The number of nitrogens with zero attached hydrogens (tertiary/aromatic N) is 3. The molecular formula is C20H37N3O11. The zero-order valence-electron chi connectivity index (χ0n) is 19.1. The van der Waals surface area contributed by atoms with Gasteiger partial charge in [-0.05, 0) is 12.8 Å². The Labute approximate surface area is 197 Å². The van der Waals surface area contributed by atoms with Gasteiger partial charge >= 0.3 is 5.97 Å². The highest BCUT2D eigenvalue weighted by Crippen LogP contribution is 2.25. The average Bonchev–Trinajstić information content (AvgIpc) is 3.27. The summed E-state index contributed by atoms with van der Waals surface area (Å²) in [6.45, 7) is -2.98. The van der Waals surface area contributed by atoms with Gasteiger partial charge in [-0.1, -0.05) is 5.21 Å². The van der Waals surface area contributed by atoms with E-state index < -0.39 is 69.3 Å². The summed E-state index contributed by atoms with van der Waals surface area (Å²) in [7, 11) is 0. The van der Waals surface area contributed by atoms with Crippen LogP contribution in [-0.4, -0.2) is 134 Å². The van der Waals surface area contributed by atoms with Crippen molar-refractivity contribution >= 4 is 5.97 Å². The van der Waals surface area contributed by atoms with E-state index in [2.05, 4.69) is 10.3 Å². The predicted molar refractivity (Wildman–Crippen MR) is 115 cm³/mol. The van der Waals surface area contributed by atoms with Crippen molar-refractivity contribution in [2.24, 2.45) is 5.41 Å². The van der Waals surface area contributed by atoms with Gasteiger partial charge in [0.05, 0.1) is 77.1 Å². The normalized spacial score (nSPS) is 12.4. The lowest BCUT2D eigenvalue weighted by molar-refractivity contribution is -0.146. The molecule has 14 heteroatoms. The van der Waals surface area contributed by atoms with Gasteiger partial charge in [0.2, 0.25) is 0 Å². The standard InChI is InChI=1S/C20H37N3O11/c24-5-16(6-25)32-12-20(13-33-17(7-26)8-27,14-34-18(9-28)10-29)11-23-4-15(21-22-23)2-1-3-19(30)31/h4,16-18,24-29H,1-3,5-14H2,(H,30,31). The van der Waals surface area contributed by atoms with Crippen LogP contribution in [0.4, 0.5) is 0 Å². The number of carboxylic acid groups (broad SMARTS) is 1. The molecule has 0 fully saturated rings. The van der Waals surface area contributed by atoms with E-state index in [0.717, 1.165) is 0 Å². The van der Waals surface area contributed by atoms with Crippen LogP contribution >= 0.6 is 0 Å². The zero-order valence-corrected chi connectivity index (χ0v) is 19.1. The van der Waals surface area contributed by atoms with Crippen LogP contribution < -0.4 is 0 Å². The molecule has 0 aromatic carbocycles. The highest BCUT2D eigenvalue weighted by molar-refractivity contribution is 5.66. The van der Waals surface area contributed by atoms with Crippen molar-refractivity contribution in [1.82, 2.24) is 15.0 Å². The van der Waals surface area contributed by atoms with Crippen LogP contribution in [-0.2, 0) is 32.0 Å². The second-order valence-electron chi connectivity index (χ2n) is 8.05. The van der Waals surface area contributed by atoms with E-state index in [9.17, 15) is 35.4 Å². The Balaban J connectivity index is 3.11.